The zero-order valence-corrected chi connectivity index (χ0v) is 15.6. The molecule has 0 aliphatic carbocycles. The fourth-order valence-electron chi connectivity index (χ4n) is 2.66. The summed E-state index contributed by atoms with van der Waals surface area (Å²) in [7, 11) is -3.40. The van der Waals surface area contributed by atoms with E-state index in [2.05, 4.69) is 4.72 Å². The number of hydrogen-bond acceptors (Lipinski definition) is 4. The molecule has 26 heavy (non-hydrogen) atoms. The van der Waals surface area contributed by atoms with E-state index in [-0.39, 0.29) is 5.91 Å². The first-order chi connectivity index (χ1) is 12.2. The van der Waals surface area contributed by atoms with Gasteiger partial charge in [-0.15, -0.1) is 0 Å². The van der Waals surface area contributed by atoms with Crippen molar-refractivity contribution >= 4 is 33.4 Å². The average Bonchev–Trinajstić information content (AvgIpc) is 2.54. The summed E-state index contributed by atoms with van der Waals surface area (Å²) in [5.74, 6) is 0.224. The van der Waals surface area contributed by atoms with Gasteiger partial charge in [-0.1, -0.05) is 30.3 Å². The zero-order valence-electron chi connectivity index (χ0n) is 14.8. The molecule has 0 radical (unpaired) electrons. The van der Waals surface area contributed by atoms with Gasteiger partial charge in [0.15, 0.2) is 5.60 Å². The highest BCUT2D eigenvalue weighted by atomic mass is 32.2. The predicted molar refractivity (Wildman–Crippen MR) is 103 cm³/mol. The number of carbonyl (C=O) groups is 1. The Hall–Kier alpha value is -2.80. The number of hydrogen-bond donors (Lipinski definition) is 1. The minimum Gasteiger partial charge on any atom is -0.476 e. The van der Waals surface area contributed by atoms with Crippen molar-refractivity contribution in [3.8, 4) is 5.75 Å². The second-order valence-electron chi connectivity index (χ2n) is 6.57. The number of nitrogens with zero attached hydrogens (tertiary/aromatic N) is 1. The van der Waals surface area contributed by atoms with Crippen LogP contribution in [0, 0.1) is 0 Å². The molecule has 0 aromatic heterocycles. The summed E-state index contributed by atoms with van der Waals surface area (Å²) in [5, 5.41) is 0. The lowest BCUT2D eigenvalue weighted by molar-refractivity contribution is -0.131. The fraction of sp³-hybridized carbons (Fsp3) is 0.211. The van der Waals surface area contributed by atoms with Crippen LogP contribution in [0.3, 0.4) is 0 Å². The van der Waals surface area contributed by atoms with Crippen molar-refractivity contribution in [3.05, 3.63) is 60.3 Å². The lowest BCUT2D eigenvalue weighted by atomic mass is 10.0. The van der Waals surface area contributed by atoms with Crippen LogP contribution in [-0.4, -0.2) is 26.2 Å². The topological polar surface area (TPSA) is 75.7 Å². The summed E-state index contributed by atoms with van der Waals surface area (Å²) in [6.07, 6.45) is 4.62. The molecule has 0 bridgehead atoms. The summed E-state index contributed by atoms with van der Waals surface area (Å²) < 4.78 is 31.1. The number of anilines is 2. The van der Waals surface area contributed by atoms with Crippen LogP contribution in [0.15, 0.2) is 54.7 Å². The van der Waals surface area contributed by atoms with E-state index in [0.29, 0.717) is 17.1 Å². The number of rotatable bonds is 4. The fourth-order valence-corrected chi connectivity index (χ4v) is 3.22. The van der Waals surface area contributed by atoms with Crippen molar-refractivity contribution in [2.24, 2.45) is 0 Å². The number of fused-ring (bicyclic) bond motifs is 1. The second-order valence-corrected chi connectivity index (χ2v) is 8.32. The van der Waals surface area contributed by atoms with Gasteiger partial charge in [0, 0.05) is 12.3 Å². The summed E-state index contributed by atoms with van der Waals surface area (Å²) in [6, 6.07) is 14.5. The Morgan fingerprint density at radius 2 is 1.81 bits per heavy atom. The van der Waals surface area contributed by atoms with Crippen LogP contribution < -0.4 is 14.4 Å². The average molecular weight is 372 g/mol. The van der Waals surface area contributed by atoms with Crippen molar-refractivity contribution in [1.82, 2.24) is 0 Å². The molecule has 0 saturated heterocycles. The van der Waals surface area contributed by atoms with E-state index < -0.39 is 15.6 Å². The van der Waals surface area contributed by atoms with Gasteiger partial charge in [-0.25, -0.2) is 8.42 Å². The number of carbonyl (C=O) groups excluding carboxylic acids is 1. The summed E-state index contributed by atoms with van der Waals surface area (Å²) >= 11 is 0. The van der Waals surface area contributed by atoms with Crippen molar-refractivity contribution in [3.63, 3.8) is 0 Å². The smallest absolute Gasteiger partial charge is 0.274 e. The van der Waals surface area contributed by atoms with E-state index in [9.17, 15) is 13.2 Å². The van der Waals surface area contributed by atoms with E-state index in [1.54, 1.807) is 38.2 Å². The summed E-state index contributed by atoms with van der Waals surface area (Å²) in [5.41, 5.74) is 0.822. The maximum Gasteiger partial charge on any atom is 0.274 e. The van der Waals surface area contributed by atoms with E-state index in [1.807, 2.05) is 36.4 Å². The van der Waals surface area contributed by atoms with Crippen LogP contribution in [0.25, 0.3) is 6.08 Å². The SMILES string of the molecule is CC1(C)Oc2cc(NS(C)(=O)=O)ccc2N(/C=C/c2ccccc2)C1=O. The highest BCUT2D eigenvalue weighted by molar-refractivity contribution is 7.92. The largest absolute Gasteiger partial charge is 0.476 e. The Morgan fingerprint density at radius 3 is 2.46 bits per heavy atom. The van der Waals surface area contributed by atoms with Crippen LogP contribution in [-0.2, 0) is 14.8 Å². The maximum absolute atomic E-state index is 12.8. The molecular weight excluding hydrogens is 352 g/mol. The van der Waals surface area contributed by atoms with Gasteiger partial charge in [0.05, 0.1) is 17.6 Å². The first kappa shape index (κ1) is 18.0. The highest BCUT2D eigenvalue weighted by Crippen LogP contribution is 2.40. The molecule has 1 aliphatic heterocycles. The van der Waals surface area contributed by atoms with Gasteiger partial charge in [0.1, 0.15) is 5.75 Å². The van der Waals surface area contributed by atoms with Gasteiger partial charge in [-0.3, -0.25) is 14.4 Å². The van der Waals surface area contributed by atoms with Crippen molar-refractivity contribution < 1.29 is 17.9 Å². The molecule has 0 unspecified atom stereocenters. The Kier molecular flexibility index (Phi) is 4.50. The van der Waals surface area contributed by atoms with Crippen LogP contribution in [0.4, 0.5) is 11.4 Å². The molecule has 0 fully saturated rings. The summed E-state index contributed by atoms with van der Waals surface area (Å²) in [6.45, 7) is 3.36. The molecule has 2 aromatic rings. The lowest BCUT2D eigenvalue weighted by Gasteiger charge is -2.37. The highest BCUT2D eigenvalue weighted by Gasteiger charge is 2.40. The van der Waals surface area contributed by atoms with Gasteiger partial charge >= 0.3 is 0 Å². The third-order valence-electron chi connectivity index (χ3n) is 3.84. The van der Waals surface area contributed by atoms with Crippen LogP contribution >= 0.6 is 0 Å². The summed E-state index contributed by atoms with van der Waals surface area (Å²) in [4.78, 5) is 14.3. The normalized spacial score (nSPS) is 16.3. The molecule has 3 rings (SSSR count). The lowest BCUT2D eigenvalue weighted by Crippen LogP contribution is -2.50. The molecule has 1 aliphatic rings. The number of ether oxygens (including phenoxy) is 1. The minimum atomic E-state index is -3.40. The van der Waals surface area contributed by atoms with Crippen molar-refractivity contribution in [2.45, 2.75) is 19.4 Å². The number of nitrogens with one attached hydrogen (secondary N) is 1. The quantitative estimate of drug-likeness (QED) is 0.894. The molecule has 1 N–H and O–H groups in total. The zero-order chi connectivity index (χ0) is 18.9. The molecule has 7 heteroatoms. The van der Waals surface area contributed by atoms with Crippen molar-refractivity contribution in [2.75, 3.05) is 15.9 Å². The van der Waals surface area contributed by atoms with Gasteiger partial charge in [-0.2, -0.15) is 0 Å². The van der Waals surface area contributed by atoms with Crippen molar-refractivity contribution in [1.29, 1.82) is 0 Å². The minimum absolute atomic E-state index is 0.207. The van der Waals surface area contributed by atoms with Gasteiger partial charge in [-0.05, 0) is 37.6 Å². The van der Waals surface area contributed by atoms with E-state index in [4.69, 9.17) is 4.74 Å². The standard InChI is InChI=1S/C19H20N2O4S/c1-19(2)18(22)21(12-11-14-7-5-4-6-8-14)16-10-9-15(13-17(16)25-19)20-26(3,23)24/h4-13,20H,1-3H3/b12-11+. The first-order valence-corrected chi connectivity index (χ1v) is 9.93. The molecule has 136 valence electrons. The van der Waals surface area contributed by atoms with Gasteiger partial charge in [0.2, 0.25) is 10.0 Å². The van der Waals surface area contributed by atoms with Crippen LogP contribution in [0.1, 0.15) is 19.4 Å². The Labute approximate surface area is 153 Å². The molecule has 0 spiro atoms. The Morgan fingerprint density at radius 1 is 1.12 bits per heavy atom. The van der Waals surface area contributed by atoms with E-state index in [0.717, 1.165) is 11.8 Å². The monoisotopic (exact) mass is 372 g/mol. The van der Waals surface area contributed by atoms with Gasteiger partial charge < -0.3 is 4.74 Å². The molecule has 0 saturated carbocycles. The molecule has 1 amide bonds. The predicted octanol–water partition coefficient (Wildman–Crippen LogP) is 3.23. The van der Waals surface area contributed by atoms with E-state index in [1.165, 1.54) is 4.90 Å². The maximum atomic E-state index is 12.8. The van der Waals surface area contributed by atoms with Crippen LogP contribution in [0.2, 0.25) is 0 Å². The first-order valence-electron chi connectivity index (χ1n) is 8.03. The molecule has 0 atom stereocenters. The molecule has 2 aromatic carbocycles. The molecule has 1 heterocycles. The molecule has 6 nitrogen and oxygen atoms in total. The Balaban J connectivity index is 2.00. The third kappa shape index (κ3) is 3.88. The van der Waals surface area contributed by atoms with E-state index >= 15 is 0 Å². The second kappa shape index (κ2) is 6.49. The number of benzene rings is 2. The number of sulfonamides is 1. The van der Waals surface area contributed by atoms with Gasteiger partial charge in [0.25, 0.3) is 5.91 Å². The number of amides is 1. The Bertz CT molecular complexity index is 966. The van der Waals surface area contributed by atoms with Crippen LogP contribution in [0.5, 0.6) is 5.75 Å². The molecular formula is C19H20N2O4S. The third-order valence-corrected chi connectivity index (χ3v) is 4.44.